The van der Waals surface area contributed by atoms with Gasteiger partial charge in [-0.15, -0.1) is 0 Å². The number of hydrogen-bond acceptors (Lipinski definition) is 3. The van der Waals surface area contributed by atoms with Crippen molar-refractivity contribution in [1.29, 1.82) is 0 Å². The molecule has 5 nitrogen and oxygen atoms in total. The first kappa shape index (κ1) is 22.5. The summed E-state index contributed by atoms with van der Waals surface area (Å²) < 4.78 is 27.6. The number of benzene rings is 2. The van der Waals surface area contributed by atoms with E-state index in [0.717, 1.165) is 31.2 Å². The lowest BCUT2D eigenvalue weighted by Crippen LogP contribution is -2.38. The Hall–Kier alpha value is -2.18. The fraction of sp³-hybridized carbons (Fsp3) is 0.458. The third kappa shape index (κ3) is 5.49. The van der Waals surface area contributed by atoms with Gasteiger partial charge in [0.1, 0.15) is 0 Å². The van der Waals surface area contributed by atoms with Gasteiger partial charge >= 0.3 is 0 Å². The standard InChI is InChI=1S/C24H32N2O3S/c1-18-6-9-21(10-7-18)5-4-14-25-24(27)23-17-22(11-8-20(23)3)30(28,29)26-15-12-19(2)13-16-26/h6-11,17,19H,4-5,12-16H2,1-3H3,(H,25,27). The number of nitrogens with one attached hydrogen (secondary N) is 1. The van der Waals surface area contributed by atoms with Gasteiger partial charge in [0.25, 0.3) is 5.91 Å². The predicted molar refractivity (Wildman–Crippen MR) is 120 cm³/mol. The molecule has 0 unspecified atom stereocenters. The first-order valence-electron chi connectivity index (χ1n) is 10.7. The summed E-state index contributed by atoms with van der Waals surface area (Å²) in [5.74, 6) is 0.330. The van der Waals surface area contributed by atoms with Gasteiger partial charge in [-0.05, 0) is 68.7 Å². The molecule has 0 atom stereocenters. The molecule has 2 aromatic carbocycles. The van der Waals surface area contributed by atoms with Crippen LogP contribution in [0.5, 0.6) is 0 Å². The first-order valence-corrected chi connectivity index (χ1v) is 12.2. The molecule has 1 aliphatic rings. The van der Waals surface area contributed by atoms with Crippen molar-refractivity contribution in [3.63, 3.8) is 0 Å². The molecule has 0 aromatic heterocycles. The quantitative estimate of drug-likeness (QED) is 0.676. The van der Waals surface area contributed by atoms with E-state index in [1.54, 1.807) is 16.4 Å². The van der Waals surface area contributed by atoms with Crippen molar-refractivity contribution in [3.8, 4) is 0 Å². The highest BCUT2D eigenvalue weighted by Gasteiger charge is 2.28. The summed E-state index contributed by atoms with van der Waals surface area (Å²) >= 11 is 0. The molecule has 1 N–H and O–H groups in total. The molecule has 1 saturated heterocycles. The maximum atomic E-state index is 13.0. The molecule has 1 fully saturated rings. The molecule has 0 spiro atoms. The van der Waals surface area contributed by atoms with Crippen LogP contribution in [0.4, 0.5) is 0 Å². The average Bonchev–Trinajstić information content (AvgIpc) is 2.73. The van der Waals surface area contributed by atoms with Crippen LogP contribution in [0, 0.1) is 19.8 Å². The smallest absolute Gasteiger partial charge is 0.251 e. The monoisotopic (exact) mass is 428 g/mol. The number of piperidine rings is 1. The lowest BCUT2D eigenvalue weighted by Gasteiger charge is -2.29. The minimum atomic E-state index is -3.57. The largest absolute Gasteiger partial charge is 0.352 e. The zero-order chi connectivity index (χ0) is 21.7. The van der Waals surface area contributed by atoms with Gasteiger partial charge in [0.05, 0.1) is 4.90 Å². The van der Waals surface area contributed by atoms with Crippen LogP contribution in [0.3, 0.4) is 0 Å². The summed E-state index contributed by atoms with van der Waals surface area (Å²) in [6, 6.07) is 13.3. The number of carbonyl (C=O) groups is 1. The van der Waals surface area contributed by atoms with Gasteiger partial charge in [0, 0.05) is 25.2 Å². The van der Waals surface area contributed by atoms with E-state index >= 15 is 0 Å². The van der Waals surface area contributed by atoms with E-state index in [1.807, 2.05) is 6.92 Å². The first-order chi connectivity index (χ1) is 14.3. The third-order valence-corrected chi connectivity index (χ3v) is 7.78. The Balaban J connectivity index is 1.62. The van der Waals surface area contributed by atoms with E-state index in [2.05, 4.69) is 43.4 Å². The van der Waals surface area contributed by atoms with Crippen LogP contribution in [-0.4, -0.2) is 38.3 Å². The topological polar surface area (TPSA) is 66.5 Å². The fourth-order valence-corrected chi connectivity index (χ4v) is 5.22. The number of sulfonamides is 1. The van der Waals surface area contributed by atoms with Crippen molar-refractivity contribution in [2.45, 2.75) is 51.3 Å². The zero-order valence-corrected chi connectivity index (χ0v) is 19.0. The number of rotatable bonds is 7. The lowest BCUT2D eigenvalue weighted by molar-refractivity contribution is 0.0952. The molecule has 1 heterocycles. The highest BCUT2D eigenvalue weighted by atomic mass is 32.2. The lowest BCUT2D eigenvalue weighted by atomic mass is 10.0. The van der Waals surface area contributed by atoms with Crippen LogP contribution in [0.15, 0.2) is 47.4 Å². The molecule has 0 radical (unpaired) electrons. The van der Waals surface area contributed by atoms with Crippen molar-refractivity contribution in [2.75, 3.05) is 19.6 Å². The van der Waals surface area contributed by atoms with E-state index < -0.39 is 10.0 Å². The summed E-state index contributed by atoms with van der Waals surface area (Å²) in [5.41, 5.74) is 3.68. The summed E-state index contributed by atoms with van der Waals surface area (Å²) in [7, 11) is -3.57. The van der Waals surface area contributed by atoms with Crippen LogP contribution in [-0.2, 0) is 16.4 Å². The van der Waals surface area contributed by atoms with E-state index in [1.165, 1.54) is 17.2 Å². The Morgan fingerprint density at radius 3 is 2.40 bits per heavy atom. The van der Waals surface area contributed by atoms with Gasteiger partial charge in [0.2, 0.25) is 10.0 Å². The van der Waals surface area contributed by atoms with Crippen LogP contribution in [0.25, 0.3) is 0 Å². The number of carbonyl (C=O) groups excluding carboxylic acids is 1. The molecule has 6 heteroatoms. The van der Waals surface area contributed by atoms with E-state index in [-0.39, 0.29) is 10.8 Å². The Morgan fingerprint density at radius 1 is 1.07 bits per heavy atom. The van der Waals surface area contributed by atoms with E-state index in [4.69, 9.17) is 0 Å². The van der Waals surface area contributed by atoms with Gasteiger partial charge in [-0.25, -0.2) is 8.42 Å². The average molecular weight is 429 g/mol. The summed E-state index contributed by atoms with van der Waals surface area (Å²) in [6.07, 6.45) is 3.47. The zero-order valence-electron chi connectivity index (χ0n) is 18.1. The molecule has 0 aliphatic carbocycles. The number of hydrogen-bond donors (Lipinski definition) is 1. The summed E-state index contributed by atoms with van der Waals surface area (Å²) in [6.45, 7) is 7.67. The molecule has 162 valence electrons. The summed E-state index contributed by atoms with van der Waals surface area (Å²) in [5, 5.41) is 2.94. The van der Waals surface area contributed by atoms with Crippen LogP contribution < -0.4 is 5.32 Å². The Labute approximate surface area is 180 Å². The van der Waals surface area contributed by atoms with Crippen molar-refractivity contribution in [1.82, 2.24) is 9.62 Å². The highest BCUT2D eigenvalue weighted by Crippen LogP contribution is 2.25. The molecule has 1 amide bonds. The van der Waals surface area contributed by atoms with Gasteiger partial charge in [-0.1, -0.05) is 42.8 Å². The molecule has 0 saturated carbocycles. The minimum Gasteiger partial charge on any atom is -0.352 e. The number of aryl methyl sites for hydroxylation is 3. The van der Waals surface area contributed by atoms with Gasteiger partial charge in [-0.3, -0.25) is 4.79 Å². The Bertz CT molecular complexity index is 976. The third-order valence-electron chi connectivity index (χ3n) is 5.88. The van der Waals surface area contributed by atoms with Crippen LogP contribution >= 0.6 is 0 Å². The summed E-state index contributed by atoms with van der Waals surface area (Å²) in [4.78, 5) is 12.9. The van der Waals surface area contributed by atoms with Crippen molar-refractivity contribution < 1.29 is 13.2 Å². The number of nitrogens with zero attached hydrogens (tertiary/aromatic N) is 1. The van der Waals surface area contributed by atoms with Crippen LogP contribution in [0.1, 0.15) is 53.2 Å². The van der Waals surface area contributed by atoms with Gasteiger partial charge in [0.15, 0.2) is 0 Å². The fourth-order valence-electron chi connectivity index (χ4n) is 3.72. The number of amides is 1. The highest BCUT2D eigenvalue weighted by molar-refractivity contribution is 7.89. The molecular weight excluding hydrogens is 396 g/mol. The van der Waals surface area contributed by atoms with Crippen molar-refractivity contribution in [3.05, 3.63) is 64.7 Å². The second-order valence-electron chi connectivity index (χ2n) is 8.41. The minimum absolute atomic E-state index is 0.201. The predicted octanol–water partition coefficient (Wildman–Crippen LogP) is 4.09. The molecular formula is C24H32N2O3S. The molecule has 0 bridgehead atoms. The normalized spacial score (nSPS) is 15.8. The maximum Gasteiger partial charge on any atom is 0.251 e. The van der Waals surface area contributed by atoms with Gasteiger partial charge < -0.3 is 5.32 Å². The van der Waals surface area contributed by atoms with E-state index in [0.29, 0.717) is 31.1 Å². The van der Waals surface area contributed by atoms with Crippen molar-refractivity contribution >= 4 is 15.9 Å². The van der Waals surface area contributed by atoms with Crippen LogP contribution in [0.2, 0.25) is 0 Å². The molecule has 30 heavy (non-hydrogen) atoms. The molecule has 1 aliphatic heterocycles. The van der Waals surface area contributed by atoms with E-state index in [9.17, 15) is 13.2 Å². The maximum absolute atomic E-state index is 13.0. The van der Waals surface area contributed by atoms with Crippen molar-refractivity contribution in [2.24, 2.45) is 5.92 Å². The van der Waals surface area contributed by atoms with Gasteiger partial charge in [-0.2, -0.15) is 4.31 Å². The SMILES string of the molecule is Cc1ccc(CCCNC(=O)c2cc(S(=O)(=O)N3CCC(C)CC3)ccc2C)cc1. The molecule has 2 aromatic rings. The Kier molecular flexibility index (Phi) is 7.32. The second kappa shape index (κ2) is 9.75. The molecule has 3 rings (SSSR count). The Morgan fingerprint density at radius 2 is 1.73 bits per heavy atom. The second-order valence-corrected chi connectivity index (χ2v) is 10.3.